The van der Waals surface area contributed by atoms with E-state index in [0.29, 0.717) is 48.8 Å². The molecule has 25 heavy (non-hydrogen) atoms. The van der Waals surface area contributed by atoms with Crippen LogP contribution < -0.4 is 5.69 Å². The average Bonchev–Trinajstić information content (AvgIpc) is 3.11. The van der Waals surface area contributed by atoms with Gasteiger partial charge in [-0.05, 0) is 20.3 Å². The van der Waals surface area contributed by atoms with E-state index in [1.54, 1.807) is 16.5 Å². The Morgan fingerprint density at radius 3 is 2.68 bits per heavy atom. The minimum atomic E-state index is -0.535. The van der Waals surface area contributed by atoms with Gasteiger partial charge in [0.05, 0.1) is 30.0 Å². The number of ether oxygens (including phenoxy) is 1. The van der Waals surface area contributed by atoms with E-state index in [9.17, 15) is 9.59 Å². The van der Waals surface area contributed by atoms with Crippen molar-refractivity contribution in [2.75, 3.05) is 13.1 Å². The van der Waals surface area contributed by atoms with Crippen molar-refractivity contribution in [3.05, 3.63) is 39.6 Å². The maximum absolute atomic E-state index is 12.9. The van der Waals surface area contributed by atoms with Crippen molar-refractivity contribution < 1.29 is 9.53 Å². The number of hydrogen-bond donors (Lipinski definition) is 0. The zero-order chi connectivity index (χ0) is 17.8. The van der Waals surface area contributed by atoms with Crippen LogP contribution in [0, 0.1) is 13.8 Å². The highest BCUT2D eigenvalue weighted by Gasteiger charge is 2.45. The van der Waals surface area contributed by atoms with Crippen LogP contribution in [0.4, 0.5) is 0 Å². The molecule has 4 heterocycles. The Balaban J connectivity index is 1.59. The number of fused-ring (bicyclic) bond motifs is 1. The van der Waals surface area contributed by atoms with Gasteiger partial charge in [0.2, 0.25) is 0 Å². The molecule has 1 amide bonds. The number of hydrogen-bond acceptors (Lipinski definition) is 6. The van der Waals surface area contributed by atoms with Crippen LogP contribution >= 0.6 is 0 Å². The van der Waals surface area contributed by atoms with Crippen LogP contribution in [0.2, 0.25) is 0 Å². The van der Waals surface area contributed by atoms with E-state index in [1.165, 1.54) is 11.0 Å². The van der Waals surface area contributed by atoms with Crippen molar-refractivity contribution in [3.63, 3.8) is 0 Å². The summed E-state index contributed by atoms with van der Waals surface area (Å²) in [6.45, 7) is 5.35. The van der Waals surface area contributed by atoms with Crippen LogP contribution in [-0.2, 0) is 24.9 Å². The van der Waals surface area contributed by atoms with Crippen molar-refractivity contribution >= 4 is 5.91 Å². The number of carbonyl (C=O) groups excluding carboxylic acids is 1. The Bertz CT molecular complexity index is 897. The Morgan fingerprint density at radius 1 is 1.24 bits per heavy atom. The molecule has 1 fully saturated rings. The standard InChI is InChI=1S/C16H20N6O3/c1-10-13(11(2)18-9-17-10)14(23)21-5-4-16(7-21)8-22-12(6-25-16)19-20(3)15(22)24/h9H,4-8H2,1-3H3. The second-order valence-electron chi connectivity index (χ2n) is 6.78. The topological polar surface area (TPSA) is 95.1 Å². The molecule has 0 saturated carbocycles. The molecular weight excluding hydrogens is 324 g/mol. The van der Waals surface area contributed by atoms with Gasteiger partial charge in [0, 0.05) is 13.6 Å². The lowest BCUT2D eigenvalue weighted by atomic mass is 10.0. The Kier molecular flexibility index (Phi) is 3.50. The number of nitrogens with zero attached hydrogens (tertiary/aromatic N) is 6. The summed E-state index contributed by atoms with van der Waals surface area (Å²) in [7, 11) is 1.63. The lowest BCUT2D eigenvalue weighted by Gasteiger charge is -2.33. The highest BCUT2D eigenvalue weighted by Crippen LogP contribution is 2.32. The number of carbonyl (C=O) groups is 1. The molecule has 2 aliphatic rings. The van der Waals surface area contributed by atoms with E-state index in [4.69, 9.17) is 4.74 Å². The van der Waals surface area contributed by atoms with Crippen LogP contribution in [0.5, 0.6) is 0 Å². The molecule has 0 aromatic carbocycles. The third-order valence-electron chi connectivity index (χ3n) is 5.08. The Hall–Kier alpha value is -2.55. The van der Waals surface area contributed by atoms with Crippen molar-refractivity contribution in [2.24, 2.45) is 7.05 Å². The number of aryl methyl sites for hydroxylation is 3. The first-order valence-corrected chi connectivity index (χ1v) is 8.24. The van der Waals surface area contributed by atoms with Crippen LogP contribution in [0.3, 0.4) is 0 Å². The summed E-state index contributed by atoms with van der Waals surface area (Å²) in [5.74, 6) is 0.548. The number of aromatic nitrogens is 5. The summed E-state index contributed by atoms with van der Waals surface area (Å²) >= 11 is 0. The molecule has 1 atom stereocenters. The molecule has 4 rings (SSSR count). The normalized spacial score (nSPS) is 22.4. The number of rotatable bonds is 1. The fourth-order valence-electron chi connectivity index (χ4n) is 3.70. The van der Waals surface area contributed by atoms with Gasteiger partial charge in [-0.2, -0.15) is 5.10 Å². The molecule has 132 valence electrons. The summed E-state index contributed by atoms with van der Waals surface area (Å²) in [6, 6.07) is 0. The predicted octanol–water partition coefficient (Wildman–Crippen LogP) is -0.196. The molecule has 2 aromatic heterocycles. The zero-order valence-corrected chi connectivity index (χ0v) is 14.5. The Morgan fingerprint density at radius 2 is 1.96 bits per heavy atom. The lowest BCUT2D eigenvalue weighted by molar-refractivity contribution is -0.0816. The maximum Gasteiger partial charge on any atom is 0.345 e. The van der Waals surface area contributed by atoms with Gasteiger partial charge in [-0.25, -0.2) is 19.4 Å². The van der Waals surface area contributed by atoms with Gasteiger partial charge < -0.3 is 9.64 Å². The van der Waals surface area contributed by atoms with E-state index in [-0.39, 0.29) is 18.2 Å². The van der Waals surface area contributed by atoms with E-state index in [1.807, 2.05) is 13.8 Å². The molecule has 1 spiro atoms. The van der Waals surface area contributed by atoms with Gasteiger partial charge in [0.1, 0.15) is 18.5 Å². The van der Waals surface area contributed by atoms with Gasteiger partial charge in [0.15, 0.2) is 5.82 Å². The summed E-state index contributed by atoms with van der Waals surface area (Å²) in [5, 5.41) is 4.18. The molecule has 0 aliphatic carbocycles. The first kappa shape index (κ1) is 15.9. The van der Waals surface area contributed by atoms with Crippen molar-refractivity contribution in [2.45, 2.75) is 39.0 Å². The largest absolute Gasteiger partial charge is 0.363 e. The molecule has 0 bridgehead atoms. The first-order valence-electron chi connectivity index (χ1n) is 8.24. The highest BCUT2D eigenvalue weighted by atomic mass is 16.5. The highest BCUT2D eigenvalue weighted by molar-refractivity contribution is 5.96. The third-order valence-corrected chi connectivity index (χ3v) is 5.08. The van der Waals surface area contributed by atoms with Gasteiger partial charge in [0.25, 0.3) is 5.91 Å². The monoisotopic (exact) mass is 344 g/mol. The van der Waals surface area contributed by atoms with E-state index in [0.717, 1.165) is 0 Å². The van der Waals surface area contributed by atoms with E-state index < -0.39 is 5.60 Å². The number of amides is 1. The molecule has 9 heteroatoms. The van der Waals surface area contributed by atoms with Crippen LogP contribution in [-0.4, -0.2) is 53.8 Å². The third kappa shape index (κ3) is 2.46. The molecular formula is C16H20N6O3. The fourth-order valence-corrected chi connectivity index (χ4v) is 3.70. The average molecular weight is 344 g/mol. The molecule has 0 radical (unpaired) electrons. The minimum absolute atomic E-state index is 0.0830. The molecule has 1 saturated heterocycles. The molecule has 1 unspecified atom stereocenters. The number of likely N-dealkylation sites (tertiary alicyclic amines) is 1. The first-order chi connectivity index (χ1) is 11.9. The molecule has 2 aliphatic heterocycles. The van der Waals surface area contributed by atoms with E-state index >= 15 is 0 Å². The second kappa shape index (κ2) is 5.48. The zero-order valence-electron chi connectivity index (χ0n) is 14.5. The van der Waals surface area contributed by atoms with Crippen molar-refractivity contribution in [1.82, 2.24) is 29.2 Å². The van der Waals surface area contributed by atoms with E-state index in [2.05, 4.69) is 15.1 Å². The van der Waals surface area contributed by atoms with Crippen LogP contribution in [0.1, 0.15) is 34.0 Å². The van der Waals surface area contributed by atoms with Gasteiger partial charge in [-0.1, -0.05) is 0 Å². The van der Waals surface area contributed by atoms with Crippen molar-refractivity contribution in [3.8, 4) is 0 Å². The van der Waals surface area contributed by atoms with Crippen LogP contribution in [0.25, 0.3) is 0 Å². The summed E-state index contributed by atoms with van der Waals surface area (Å²) in [6.07, 6.45) is 2.15. The fraction of sp³-hybridized carbons (Fsp3) is 0.562. The lowest BCUT2D eigenvalue weighted by Crippen LogP contribution is -2.47. The maximum atomic E-state index is 12.9. The van der Waals surface area contributed by atoms with Gasteiger partial charge in [-0.15, -0.1) is 0 Å². The molecule has 0 N–H and O–H groups in total. The molecule has 9 nitrogen and oxygen atoms in total. The molecule has 2 aromatic rings. The van der Waals surface area contributed by atoms with Gasteiger partial charge >= 0.3 is 5.69 Å². The second-order valence-corrected chi connectivity index (χ2v) is 6.78. The SMILES string of the molecule is Cc1ncnc(C)c1C(=O)N1CCC2(C1)Cn1c(nn(C)c1=O)CO2. The minimum Gasteiger partial charge on any atom is -0.363 e. The summed E-state index contributed by atoms with van der Waals surface area (Å²) < 4.78 is 9.01. The predicted molar refractivity (Wildman–Crippen MR) is 87.0 cm³/mol. The quantitative estimate of drug-likeness (QED) is 0.711. The smallest absolute Gasteiger partial charge is 0.345 e. The summed E-state index contributed by atoms with van der Waals surface area (Å²) in [4.78, 5) is 35.2. The Labute approximate surface area is 144 Å². The van der Waals surface area contributed by atoms with Gasteiger partial charge in [-0.3, -0.25) is 9.36 Å². The van der Waals surface area contributed by atoms with Crippen molar-refractivity contribution in [1.29, 1.82) is 0 Å². The van der Waals surface area contributed by atoms with Crippen LogP contribution in [0.15, 0.2) is 11.1 Å². The summed E-state index contributed by atoms with van der Waals surface area (Å²) in [5.41, 5.74) is 1.22.